The van der Waals surface area contributed by atoms with Crippen LogP contribution in [-0.2, 0) is 21.7 Å². The van der Waals surface area contributed by atoms with E-state index in [4.69, 9.17) is 9.47 Å². The SMILES string of the molecule is COC1(OC)Cc2ccc1cc2.N. The smallest absolute Gasteiger partial charge is 0.198 e. The molecule has 2 bridgehead atoms. The maximum Gasteiger partial charge on any atom is 0.198 e. The number of hydrogen-bond donors (Lipinski definition) is 1. The first-order chi connectivity index (χ1) is 5.80. The summed E-state index contributed by atoms with van der Waals surface area (Å²) >= 11 is 0. The lowest BCUT2D eigenvalue weighted by Crippen LogP contribution is -2.35. The van der Waals surface area contributed by atoms with E-state index < -0.39 is 5.79 Å². The zero-order valence-electron chi connectivity index (χ0n) is 8.04. The van der Waals surface area contributed by atoms with Crippen molar-refractivity contribution in [3.05, 3.63) is 35.4 Å². The molecule has 72 valence electrons. The van der Waals surface area contributed by atoms with Gasteiger partial charge in [0.2, 0.25) is 0 Å². The van der Waals surface area contributed by atoms with Crippen LogP contribution < -0.4 is 6.15 Å². The first-order valence-corrected chi connectivity index (χ1v) is 4.00. The highest BCUT2D eigenvalue weighted by Crippen LogP contribution is 2.34. The lowest BCUT2D eigenvalue weighted by Gasteiger charge is -2.35. The Hall–Kier alpha value is -0.900. The van der Waals surface area contributed by atoms with Gasteiger partial charge in [-0.1, -0.05) is 24.3 Å². The molecule has 1 aromatic carbocycles. The Morgan fingerprint density at radius 3 is 1.85 bits per heavy atom. The van der Waals surface area contributed by atoms with Crippen LogP contribution in [0.25, 0.3) is 0 Å². The van der Waals surface area contributed by atoms with E-state index in [2.05, 4.69) is 12.1 Å². The Balaban J connectivity index is 0.000000845. The highest BCUT2D eigenvalue weighted by Gasteiger charge is 2.35. The summed E-state index contributed by atoms with van der Waals surface area (Å²) in [6, 6.07) is 8.30. The molecule has 0 aliphatic heterocycles. The highest BCUT2D eigenvalue weighted by molar-refractivity contribution is 5.33. The van der Waals surface area contributed by atoms with E-state index >= 15 is 0 Å². The number of hydrogen-bond acceptors (Lipinski definition) is 3. The van der Waals surface area contributed by atoms with E-state index in [1.165, 1.54) is 5.56 Å². The van der Waals surface area contributed by atoms with Crippen molar-refractivity contribution in [1.82, 2.24) is 6.15 Å². The molecule has 2 aliphatic rings. The molecule has 3 N–H and O–H groups in total. The number of methoxy groups -OCH3 is 2. The van der Waals surface area contributed by atoms with E-state index in [9.17, 15) is 0 Å². The molecule has 0 aromatic heterocycles. The predicted octanol–water partition coefficient (Wildman–Crippen LogP) is 1.85. The molecule has 0 radical (unpaired) electrons. The van der Waals surface area contributed by atoms with Crippen LogP contribution in [0.5, 0.6) is 0 Å². The van der Waals surface area contributed by atoms with Gasteiger partial charge in [0, 0.05) is 26.2 Å². The van der Waals surface area contributed by atoms with Crippen molar-refractivity contribution >= 4 is 0 Å². The second-order valence-corrected chi connectivity index (χ2v) is 3.03. The monoisotopic (exact) mass is 181 g/mol. The summed E-state index contributed by atoms with van der Waals surface area (Å²) in [6.07, 6.45) is 0.822. The van der Waals surface area contributed by atoms with Crippen molar-refractivity contribution in [1.29, 1.82) is 0 Å². The van der Waals surface area contributed by atoms with E-state index in [0.717, 1.165) is 12.0 Å². The average molecular weight is 181 g/mol. The standard InChI is InChI=1S/C10H12O2.H3N/c1-11-10(12-2)7-8-3-5-9(10)6-4-8;/h3-6H,7H2,1-2H3;1H3. The van der Waals surface area contributed by atoms with Crippen LogP contribution >= 0.6 is 0 Å². The highest BCUT2D eigenvalue weighted by atomic mass is 16.7. The fourth-order valence-electron chi connectivity index (χ4n) is 1.71. The van der Waals surface area contributed by atoms with Gasteiger partial charge in [0.05, 0.1) is 0 Å². The lowest BCUT2D eigenvalue weighted by molar-refractivity contribution is -0.216. The first-order valence-electron chi connectivity index (χ1n) is 4.00. The molecular formula is C10H15NO2. The van der Waals surface area contributed by atoms with Crippen LogP contribution in [0.4, 0.5) is 0 Å². The molecule has 1 aromatic rings. The molecular weight excluding hydrogens is 166 g/mol. The third-order valence-corrected chi connectivity index (χ3v) is 2.49. The third-order valence-electron chi connectivity index (χ3n) is 2.49. The summed E-state index contributed by atoms with van der Waals surface area (Å²) in [5.41, 5.74) is 2.36. The molecule has 0 saturated carbocycles. The zero-order chi connectivity index (χ0) is 8.60. The summed E-state index contributed by atoms with van der Waals surface area (Å²) in [5, 5.41) is 0. The van der Waals surface area contributed by atoms with Crippen molar-refractivity contribution in [2.24, 2.45) is 0 Å². The number of rotatable bonds is 2. The summed E-state index contributed by atoms with van der Waals surface area (Å²) in [5.74, 6) is -0.515. The lowest BCUT2D eigenvalue weighted by atomic mass is 9.90. The van der Waals surface area contributed by atoms with Crippen LogP contribution in [-0.4, -0.2) is 14.2 Å². The van der Waals surface area contributed by atoms with Gasteiger partial charge in [0.15, 0.2) is 5.79 Å². The van der Waals surface area contributed by atoms with Gasteiger partial charge in [-0.25, -0.2) is 0 Å². The number of fused-ring (bicyclic) bond motifs is 3. The Kier molecular flexibility index (Phi) is 2.71. The topological polar surface area (TPSA) is 53.5 Å². The van der Waals surface area contributed by atoms with Crippen molar-refractivity contribution in [3.63, 3.8) is 0 Å². The third kappa shape index (κ3) is 1.35. The van der Waals surface area contributed by atoms with Gasteiger partial charge in [0.25, 0.3) is 0 Å². The Morgan fingerprint density at radius 1 is 1.08 bits per heavy atom. The minimum Gasteiger partial charge on any atom is -0.349 e. The normalized spacial score (nSPS) is 16.8. The van der Waals surface area contributed by atoms with E-state index in [0.29, 0.717) is 0 Å². The quantitative estimate of drug-likeness (QED) is 0.708. The molecule has 0 heterocycles. The Morgan fingerprint density at radius 2 is 1.62 bits per heavy atom. The second kappa shape index (κ2) is 3.46. The summed E-state index contributed by atoms with van der Waals surface area (Å²) in [6.45, 7) is 0. The van der Waals surface area contributed by atoms with Crippen LogP contribution in [0.1, 0.15) is 11.1 Å². The van der Waals surface area contributed by atoms with Crippen molar-refractivity contribution < 1.29 is 9.47 Å². The van der Waals surface area contributed by atoms with E-state index in [1.54, 1.807) is 14.2 Å². The van der Waals surface area contributed by atoms with E-state index in [-0.39, 0.29) is 6.15 Å². The van der Waals surface area contributed by atoms with Crippen LogP contribution in [0.2, 0.25) is 0 Å². The van der Waals surface area contributed by atoms with Crippen LogP contribution in [0, 0.1) is 0 Å². The van der Waals surface area contributed by atoms with E-state index in [1.807, 2.05) is 12.1 Å². The van der Waals surface area contributed by atoms with Gasteiger partial charge in [-0.15, -0.1) is 0 Å². The molecule has 3 heteroatoms. The van der Waals surface area contributed by atoms with Gasteiger partial charge in [-0.2, -0.15) is 0 Å². The maximum absolute atomic E-state index is 5.38. The molecule has 13 heavy (non-hydrogen) atoms. The van der Waals surface area contributed by atoms with Crippen molar-refractivity contribution in [3.8, 4) is 0 Å². The fraction of sp³-hybridized carbons (Fsp3) is 0.400. The molecule has 0 fully saturated rings. The minimum atomic E-state index is -0.515. The first kappa shape index (κ1) is 10.2. The number of benzene rings is 1. The molecule has 2 aliphatic carbocycles. The van der Waals surface area contributed by atoms with Crippen molar-refractivity contribution in [2.45, 2.75) is 12.2 Å². The maximum atomic E-state index is 5.38. The molecule has 0 atom stereocenters. The van der Waals surface area contributed by atoms with Crippen molar-refractivity contribution in [2.75, 3.05) is 14.2 Å². The second-order valence-electron chi connectivity index (χ2n) is 3.03. The fourth-order valence-corrected chi connectivity index (χ4v) is 1.71. The summed E-state index contributed by atoms with van der Waals surface area (Å²) in [7, 11) is 3.36. The Labute approximate surface area is 78.2 Å². The summed E-state index contributed by atoms with van der Waals surface area (Å²) in [4.78, 5) is 0. The van der Waals surface area contributed by atoms with Crippen LogP contribution in [0.3, 0.4) is 0 Å². The van der Waals surface area contributed by atoms with Crippen LogP contribution in [0.15, 0.2) is 24.3 Å². The summed E-state index contributed by atoms with van der Waals surface area (Å²) < 4.78 is 10.8. The van der Waals surface area contributed by atoms with Gasteiger partial charge < -0.3 is 15.6 Å². The zero-order valence-corrected chi connectivity index (χ0v) is 8.04. The largest absolute Gasteiger partial charge is 0.349 e. The van der Waals surface area contributed by atoms with Gasteiger partial charge in [-0.05, 0) is 5.56 Å². The van der Waals surface area contributed by atoms with Gasteiger partial charge >= 0.3 is 0 Å². The average Bonchev–Trinajstić information content (AvgIpc) is 2.19. The molecule has 0 saturated heterocycles. The molecule has 3 rings (SSSR count). The molecule has 0 amide bonds. The number of ether oxygens (including phenoxy) is 2. The molecule has 3 nitrogen and oxygen atoms in total. The predicted molar refractivity (Wildman–Crippen MR) is 50.9 cm³/mol. The Bertz CT molecular complexity index is 277. The molecule has 0 spiro atoms. The molecule has 0 unspecified atom stereocenters. The van der Waals surface area contributed by atoms with Gasteiger partial charge in [0.1, 0.15) is 0 Å². The minimum absolute atomic E-state index is 0. The van der Waals surface area contributed by atoms with Gasteiger partial charge in [-0.3, -0.25) is 0 Å².